The molecule has 8 nitrogen and oxygen atoms in total. The van der Waals surface area contributed by atoms with Gasteiger partial charge in [0.2, 0.25) is 5.91 Å². The number of thioether (sulfide) groups is 1. The molecular weight excluding hydrogens is 356 g/mol. The molecular formula is C14H22N2O6S2. The van der Waals surface area contributed by atoms with Gasteiger partial charge in [-0.2, -0.15) is 20.2 Å². The molecule has 4 N–H and O–H groups in total. The quantitative estimate of drug-likeness (QED) is 0.348. The topological polar surface area (TPSA) is 136 Å². The third kappa shape index (κ3) is 11.0. The minimum absolute atomic E-state index is 0.0666. The van der Waals surface area contributed by atoms with Crippen molar-refractivity contribution in [1.29, 1.82) is 0 Å². The number of carbonyl (C=O) groups is 2. The fourth-order valence-electron chi connectivity index (χ4n) is 1.24. The Morgan fingerprint density at radius 1 is 1.29 bits per heavy atom. The Bertz CT molecular complexity index is 617. The molecule has 0 aromatic heterocycles. The number of carbonyl (C=O) groups excluding carboxylic acids is 2. The first kappa shape index (κ1) is 22.4. The van der Waals surface area contributed by atoms with Crippen LogP contribution in [0.1, 0.15) is 5.56 Å². The Labute approximate surface area is 145 Å². The average Bonchev–Trinajstić information content (AvgIpc) is 2.53. The minimum atomic E-state index is -4.02. The molecule has 0 aliphatic rings. The first-order valence-electron chi connectivity index (χ1n) is 6.86. The van der Waals surface area contributed by atoms with Crippen LogP contribution in [0.2, 0.25) is 0 Å². The first-order chi connectivity index (χ1) is 11.2. The van der Waals surface area contributed by atoms with E-state index in [2.05, 4.69) is 5.32 Å². The Balaban J connectivity index is 0.000000446. The summed E-state index contributed by atoms with van der Waals surface area (Å²) in [5, 5.41) is 2.31. The molecule has 10 heteroatoms. The van der Waals surface area contributed by atoms with Crippen molar-refractivity contribution in [3.05, 3.63) is 29.8 Å². The molecule has 0 aliphatic heterocycles. The Morgan fingerprint density at radius 2 is 1.88 bits per heavy atom. The zero-order chi connectivity index (χ0) is 18.6. The molecule has 1 aromatic rings. The van der Waals surface area contributed by atoms with Crippen molar-refractivity contribution in [2.75, 3.05) is 31.7 Å². The van der Waals surface area contributed by atoms with Crippen LogP contribution in [0.25, 0.3) is 0 Å². The van der Waals surface area contributed by atoms with Gasteiger partial charge in [0, 0.05) is 5.75 Å². The number of hydrogen-bond donors (Lipinski definition) is 3. The lowest BCUT2D eigenvalue weighted by Crippen LogP contribution is -2.35. The van der Waals surface area contributed by atoms with E-state index < -0.39 is 16.1 Å². The normalized spacial score (nSPS) is 10.3. The molecule has 24 heavy (non-hydrogen) atoms. The smallest absolute Gasteiger partial charge is 0.325 e. The molecule has 0 heterocycles. The van der Waals surface area contributed by atoms with Gasteiger partial charge in [-0.05, 0) is 25.3 Å². The van der Waals surface area contributed by atoms with Gasteiger partial charge in [0.05, 0.1) is 11.4 Å². The lowest BCUT2D eigenvalue weighted by molar-refractivity contribution is -0.143. The third-order valence-electron chi connectivity index (χ3n) is 2.48. The van der Waals surface area contributed by atoms with Crippen LogP contribution in [0.3, 0.4) is 0 Å². The van der Waals surface area contributed by atoms with Gasteiger partial charge in [-0.1, -0.05) is 17.7 Å². The largest absolute Gasteiger partial charge is 0.463 e. The number of nitrogens with one attached hydrogen (secondary N) is 1. The van der Waals surface area contributed by atoms with E-state index in [1.54, 1.807) is 23.9 Å². The van der Waals surface area contributed by atoms with Crippen LogP contribution in [0.15, 0.2) is 29.2 Å². The first-order valence-corrected chi connectivity index (χ1v) is 9.69. The molecule has 0 radical (unpaired) electrons. The van der Waals surface area contributed by atoms with Crippen LogP contribution in [-0.4, -0.2) is 56.6 Å². The molecule has 0 spiro atoms. The van der Waals surface area contributed by atoms with E-state index in [1.807, 2.05) is 13.2 Å². The summed E-state index contributed by atoms with van der Waals surface area (Å²) in [6.45, 7) is 1.99. The number of nitrogens with two attached hydrogens (primary N) is 1. The van der Waals surface area contributed by atoms with E-state index in [1.165, 1.54) is 12.1 Å². The Kier molecular flexibility index (Phi) is 11.0. The second-order valence-electron chi connectivity index (χ2n) is 4.48. The molecule has 0 unspecified atom stereocenters. The predicted octanol–water partition coefficient (Wildman–Crippen LogP) is 0.209. The van der Waals surface area contributed by atoms with Crippen molar-refractivity contribution < 1.29 is 27.3 Å². The van der Waals surface area contributed by atoms with Crippen molar-refractivity contribution in [3.63, 3.8) is 0 Å². The summed E-state index contributed by atoms with van der Waals surface area (Å²) in [7, 11) is -4.02. The van der Waals surface area contributed by atoms with Crippen molar-refractivity contribution in [3.8, 4) is 0 Å². The standard InChI is InChI=1S/C7H14N2O3S.C7H8O3S/c1-13-3-2-12-7(11)5-9-6(10)4-8;1-6-2-4-7(5-3-6)11(8,9)10/h2-5,8H2,1H3,(H,9,10);2-5H,1H3,(H,8,9,10). The lowest BCUT2D eigenvalue weighted by Gasteiger charge is -2.04. The van der Waals surface area contributed by atoms with Gasteiger partial charge in [-0.15, -0.1) is 0 Å². The zero-order valence-corrected chi connectivity index (χ0v) is 15.2. The molecule has 0 aliphatic carbocycles. The fourth-order valence-corrected chi connectivity index (χ4v) is 1.97. The van der Waals surface area contributed by atoms with Crippen LogP contribution < -0.4 is 11.1 Å². The maximum atomic E-state index is 10.9. The van der Waals surface area contributed by atoms with Crippen LogP contribution >= 0.6 is 11.8 Å². The third-order valence-corrected chi connectivity index (χ3v) is 3.93. The highest BCUT2D eigenvalue weighted by molar-refractivity contribution is 7.98. The van der Waals surface area contributed by atoms with E-state index in [9.17, 15) is 18.0 Å². The molecule has 1 rings (SSSR count). The van der Waals surface area contributed by atoms with Gasteiger partial charge in [0.25, 0.3) is 10.1 Å². The van der Waals surface area contributed by atoms with Crippen LogP contribution in [0.5, 0.6) is 0 Å². The lowest BCUT2D eigenvalue weighted by atomic mass is 10.2. The van der Waals surface area contributed by atoms with E-state index in [0.717, 1.165) is 11.3 Å². The number of amides is 1. The maximum absolute atomic E-state index is 10.9. The number of ether oxygens (including phenoxy) is 1. The number of hydrogen-bond acceptors (Lipinski definition) is 7. The Morgan fingerprint density at radius 3 is 2.33 bits per heavy atom. The molecule has 0 atom stereocenters. The fraction of sp³-hybridized carbons (Fsp3) is 0.429. The van der Waals surface area contributed by atoms with Gasteiger partial charge >= 0.3 is 5.97 Å². The van der Waals surface area contributed by atoms with Gasteiger partial charge < -0.3 is 15.8 Å². The number of rotatable bonds is 7. The predicted molar refractivity (Wildman–Crippen MR) is 92.4 cm³/mol. The Hall–Kier alpha value is -1.62. The maximum Gasteiger partial charge on any atom is 0.325 e. The van der Waals surface area contributed by atoms with Gasteiger partial charge in [0.1, 0.15) is 13.2 Å². The van der Waals surface area contributed by atoms with Crippen molar-refractivity contribution in [2.24, 2.45) is 5.73 Å². The monoisotopic (exact) mass is 378 g/mol. The van der Waals surface area contributed by atoms with Gasteiger partial charge in [0.15, 0.2) is 0 Å². The van der Waals surface area contributed by atoms with Gasteiger partial charge in [-0.25, -0.2) is 0 Å². The number of aryl methyl sites for hydroxylation is 1. The van der Waals surface area contributed by atoms with E-state index >= 15 is 0 Å². The summed E-state index contributed by atoms with van der Waals surface area (Å²) in [5.74, 6) is -0.0333. The highest BCUT2D eigenvalue weighted by Crippen LogP contribution is 2.08. The number of benzene rings is 1. The summed E-state index contributed by atoms with van der Waals surface area (Å²) in [5.41, 5.74) is 5.97. The van der Waals surface area contributed by atoms with Crippen LogP contribution in [-0.2, 0) is 24.4 Å². The van der Waals surface area contributed by atoms with E-state index in [-0.39, 0.29) is 23.9 Å². The summed E-state index contributed by atoms with van der Waals surface area (Å²) in [6.07, 6.45) is 1.92. The molecule has 0 bridgehead atoms. The summed E-state index contributed by atoms with van der Waals surface area (Å²) < 4.78 is 34.3. The average molecular weight is 378 g/mol. The summed E-state index contributed by atoms with van der Waals surface area (Å²) >= 11 is 1.59. The summed E-state index contributed by atoms with van der Waals surface area (Å²) in [6, 6.07) is 5.99. The SMILES string of the molecule is CSCCOC(=O)CNC(=O)CN.Cc1ccc(S(=O)(=O)O)cc1. The highest BCUT2D eigenvalue weighted by atomic mass is 32.2. The second-order valence-corrected chi connectivity index (χ2v) is 6.89. The molecule has 136 valence electrons. The summed E-state index contributed by atoms with van der Waals surface area (Å²) in [4.78, 5) is 21.4. The van der Waals surface area contributed by atoms with Crippen molar-refractivity contribution in [1.82, 2.24) is 5.32 Å². The molecule has 1 aromatic carbocycles. The number of esters is 1. The molecule has 0 saturated heterocycles. The van der Waals surface area contributed by atoms with E-state index in [4.69, 9.17) is 15.0 Å². The molecule has 0 fully saturated rings. The van der Waals surface area contributed by atoms with E-state index in [0.29, 0.717) is 6.61 Å². The molecule has 0 saturated carbocycles. The van der Waals surface area contributed by atoms with Crippen molar-refractivity contribution >= 4 is 33.8 Å². The van der Waals surface area contributed by atoms with Crippen LogP contribution in [0, 0.1) is 6.92 Å². The zero-order valence-electron chi connectivity index (χ0n) is 13.5. The molecule has 1 amide bonds. The van der Waals surface area contributed by atoms with Crippen LogP contribution in [0.4, 0.5) is 0 Å². The van der Waals surface area contributed by atoms with Gasteiger partial charge in [-0.3, -0.25) is 14.1 Å². The highest BCUT2D eigenvalue weighted by Gasteiger charge is 2.06. The van der Waals surface area contributed by atoms with Crippen molar-refractivity contribution in [2.45, 2.75) is 11.8 Å². The second kappa shape index (κ2) is 11.8. The minimum Gasteiger partial charge on any atom is -0.463 e.